The molecule has 0 bridgehead atoms. The number of hydrogen-bond acceptors (Lipinski definition) is 5. The van der Waals surface area contributed by atoms with Crippen molar-refractivity contribution in [3.8, 4) is 17.2 Å². The summed E-state index contributed by atoms with van der Waals surface area (Å²) in [5.74, 6) is 1.91. The van der Waals surface area contributed by atoms with E-state index in [2.05, 4.69) is 21.9 Å². The van der Waals surface area contributed by atoms with Crippen LogP contribution in [0.5, 0.6) is 17.2 Å². The Morgan fingerprint density at radius 2 is 1.64 bits per heavy atom. The standard InChI is InChI=1S/C20H26N2O3/c1-24-19-8-7-16(15-20(19)25-2)9-10-21-11-13-22(14-12-21)17-5-3-4-6-18(17)23/h3-8,15,23H,9-14H2,1-2H3. The Bertz CT molecular complexity index is 697. The van der Waals surface area contributed by atoms with Gasteiger partial charge in [-0.25, -0.2) is 0 Å². The van der Waals surface area contributed by atoms with Crippen molar-refractivity contribution in [3.63, 3.8) is 0 Å². The van der Waals surface area contributed by atoms with Gasteiger partial charge in [0.05, 0.1) is 19.9 Å². The molecule has 0 aliphatic carbocycles. The van der Waals surface area contributed by atoms with E-state index < -0.39 is 0 Å². The second-order valence-electron chi connectivity index (χ2n) is 6.26. The summed E-state index contributed by atoms with van der Waals surface area (Å²) in [6.07, 6.45) is 0.983. The first kappa shape index (κ1) is 17.4. The third kappa shape index (κ3) is 4.17. The van der Waals surface area contributed by atoms with Crippen LogP contribution in [-0.4, -0.2) is 56.9 Å². The highest BCUT2D eigenvalue weighted by Gasteiger charge is 2.18. The first-order valence-corrected chi connectivity index (χ1v) is 8.67. The molecule has 1 N–H and O–H groups in total. The number of para-hydroxylation sites is 2. The van der Waals surface area contributed by atoms with Crippen LogP contribution in [0.15, 0.2) is 42.5 Å². The maximum absolute atomic E-state index is 10.00. The molecular weight excluding hydrogens is 316 g/mol. The highest BCUT2D eigenvalue weighted by atomic mass is 16.5. The number of benzene rings is 2. The highest BCUT2D eigenvalue weighted by molar-refractivity contribution is 5.57. The minimum Gasteiger partial charge on any atom is -0.506 e. The Kier molecular flexibility index (Phi) is 5.66. The van der Waals surface area contributed by atoms with E-state index in [4.69, 9.17) is 9.47 Å². The second-order valence-corrected chi connectivity index (χ2v) is 6.26. The molecule has 1 saturated heterocycles. The summed E-state index contributed by atoms with van der Waals surface area (Å²) in [4.78, 5) is 4.72. The molecule has 0 radical (unpaired) electrons. The molecule has 134 valence electrons. The van der Waals surface area contributed by atoms with Crippen molar-refractivity contribution in [2.45, 2.75) is 6.42 Å². The number of nitrogens with zero attached hydrogens (tertiary/aromatic N) is 2. The van der Waals surface area contributed by atoms with Gasteiger partial charge in [-0.1, -0.05) is 18.2 Å². The normalized spacial score (nSPS) is 15.2. The van der Waals surface area contributed by atoms with Gasteiger partial charge in [-0.3, -0.25) is 4.90 Å². The Morgan fingerprint density at radius 1 is 0.920 bits per heavy atom. The molecule has 0 saturated carbocycles. The van der Waals surface area contributed by atoms with Crippen molar-refractivity contribution in [2.24, 2.45) is 0 Å². The summed E-state index contributed by atoms with van der Waals surface area (Å²) < 4.78 is 10.7. The maximum atomic E-state index is 10.00. The molecule has 5 heteroatoms. The SMILES string of the molecule is COc1ccc(CCN2CCN(c3ccccc3O)CC2)cc1OC. The van der Waals surface area contributed by atoms with E-state index in [0.717, 1.165) is 56.3 Å². The summed E-state index contributed by atoms with van der Waals surface area (Å²) in [6.45, 7) is 4.89. The van der Waals surface area contributed by atoms with Gasteiger partial charge in [0, 0.05) is 32.7 Å². The highest BCUT2D eigenvalue weighted by Crippen LogP contribution is 2.29. The van der Waals surface area contributed by atoms with Gasteiger partial charge in [0.1, 0.15) is 5.75 Å². The first-order chi connectivity index (χ1) is 12.2. The summed E-state index contributed by atoms with van der Waals surface area (Å²) in [5, 5.41) is 10.00. The Balaban J connectivity index is 1.52. The molecular formula is C20H26N2O3. The number of hydrogen-bond donors (Lipinski definition) is 1. The van der Waals surface area contributed by atoms with E-state index in [0.29, 0.717) is 5.75 Å². The third-order valence-corrected chi connectivity index (χ3v) is 4.76. The van der Waals surface area contributed by atoms with E-state index in [1.165, 1.54) is 5.56 Å². The maximum Gasteiger partial charge on any atom is 0.160 e. The van der Waals surface area contributed by atoms with Gasteiger partial charge in [-0.2, -0.15) is 0 Å². The number of piperazine rings is 1. The number of ether oxygens (including phenoxy) is 2. The largest absolute Gasteiger partial charge is 0.506 e. The van der Waals surface area contributed by atoms with Crippen LogP contribution in [0.4, 0.5) is 5.69 Å². The van der Waals surface area contributed by atoms with E-state index in [1.54, 1.807) is 20.3 Å². The lowest BCUT2D eigenvalue weighted by molar-refractivity contribution is 0.260. The lowest BCUT2D eigenvalue weighted by Crippen LogP contribution is -2.47. The molecule has 2 aromatic carbocycles. The zero-order valence-electron chi connectivity index (χ0n) is 14.9. The topological polar surface area (TPSA) is 45.2 Å². The fraction of sp³-hybridized carbons (Fsp3) is 0.400. The molecule has 25 heavy (non-hydrogen) atoms. The summed E-state index contributed by atoms with van der Waals surface area (Å²) in [5.41, 5.74) is 2.18. The van der Waals surface area contributed by atoms with E-state index in [-0.39, 0.29) is 0 Å². The second kappa shape index (κ2) is 8.12. The van der Waals surface area contributed by atoms with E-state index in [9.17, 15) is 5.11 Å². The van der Waals surface area contributed by atoms with Crippen LogP contribution in [0, 0.1) is 0 Å². The zero-order chi connectivity index (χ0) is 17.6. The predicted octanol–water partition coefficient (Wildman–Crippen LogP) is 2.77. The van der Waals surface area contributed by atoms with Crippen molar-refractivity contribution in [1.82, 2.24) is 4.90 Å². The van der Waals surface area contributed by atoms with Gasteiger partial charge in [0.15, 0.2) is 11.5 Å². The van der Waals surface area contributed by atoms with Gasteiger partial charge >= 0.3 is 0 Å². The third-order valence-electron chi connectivity index (χ3n) is 4.76. The van der Waals surface area contributed by atoms with Crippen LogP contribution in [0.2, 0.25) is 0 Å². The van der Waals surface area contributed by atoms with Crippen molar-refractivity contribution in [2.75, 3.05) is 51.8 Å². The van der Waals surface area contributed by atoms with Crippen molar-refractivity contribution >= 4 is 5.69 Å². The molecule has 0 unspecified atom stereocenters. The quantitative estimate of drug-likeness (QED) is 0.875. The van der Waals surface area contributed by atoms with Crippen LogP contribution in [0.3, 0.4) is 0 Å². The van der Waals surface area contributed by atoms with Gasteiger partial charge in [-0.05, 0) is 36.2 Å². The zero-order valence-corrected chi connectivity index (χ0v) is 14.9. The Morgan fingerprint density at radius 3 is 2.32 bits per heavy atom. The number of methoxy groups -OCH3 is 2. The smallest absolute Gasteiger partial charge is 0.160 e. The van der Waals surface area contributed by atoms with Gasteiger partial charge in [0.25, 0.3) is 0 Å². The van der Waals surface area contributed by atoms with Gasteiger partial charge in [-0.15, -0.1) is 0 Å². The molecule has 0 aromatic heterocycles. The molecule has 1 heterocycles. The molecule has 1 aliphatic heterocycles. The number of rotatable bonds is 6. The van der Waals surface area contributed by atoms with Gasteiger partial charge in [0.2, 0.25) is 0 Å². The minimum atomic E-state index is 0.362. The fourth-order valence-electron chi connectivity index (χ4n) is 3.27. The average molecular weight is 342 g/mol. The van der Waals surface area contributed by atoms with Crippen LogP contribution in [-0.2, 0) is 6.42 Å². The summed E-state index contributed by atoms with van der Waals surface area (Å²) in [6, 6.07) is 13.7. The van der Waals surface area contributed by atoms with Crippen molar-refractivity contribution < 1.29 is 14.6 Å². The van der Waals surface area contributed by atoms with Crippen LogP contribution < -0.4 is 14.4 Å². The number of aromatic hydroxyl groups is 1. The van der Waals surface area contributed by atoms with E-state index in [1.807, 2.05) is 24.3 Å². The average Bonchev–Trinajstić information content (AvgIpc) is 2.67. The minimum absolute atomic E-state index is 0.362. The molecule has 0 spiro atoms. The van der Waals surface area contributed by atoms with Gasteiger partial charge < -0.3 is 19.5 Å². The molecule has 1 aliphatic rings. The lowest BCUT2D eigenvalue weighted by Gasteiger charge is -2.36. The predicted molar refractivity (Wildman–Crippen MR) is 100 cm³/mol. The summed E-state index contributed by atoms with van der Waals surface area (Å²) >= 11 is 0. The van der Waals surface area contributed by atoms with Crippen LogP contribution in [0.25, 0.3) is 0 Å². The van der Waals surface area contributed by atoms with Crippen LogP contribution >= 0.6 is 0 Å². The van der Waals surface area contributed by atoms with E-state index >= 15 is 0 Å². The van der Waals surface area contributed by atoms with Crippen molar-refractivity contribution in [1.29, 1.82) is 0 Å². The number of anilines is 1. The fourth-order valence-corrected chi connectivity index (χ4v) is 3.27. The molecule has 5 nitrogen and oxygen atoms in total. The molecule has 2 aromatic rings. The molecule has 3 rings (SSSR count). The number of phenolic OH excluding ortho intramolecular Hbond substituents is 1. The molecule has 1 fully saturated rings. The number of phenols is 1. The lowest BCUT2D eigenvalue weighted by atomic mass is 10.1. The molecule has 0 atom stereocenters. The Hall–Kier alpha value is -2.40. The summed E-state index contributed by atoms with van der Waals surface area (Å²) in [7, 11) is 3.32. The van der Waals surface area contributed by atoms with Crippen molar-refractivity contribution in [3.05, 3.63) is 48.0 Å². The first-order valence-electron chi connectivity index (χ1n) is 8.67. The Labute approximate surface area is 149 Å². The molecule has 0 amide bonds. The monoisotopic (exact) mass is 342 g/mol. The van der Waals surface area contributed by atoms with Crippen LogP contribution in [0.1, 0.15) is 5.56 Å².